The highest BCUT2D eigenvalue weighted by Gasteiger charge is 2.18. The smallest absolute Gasteiger partial charge is 0.114 e. The van der Waals surface area contributed by atoms with Crippen LogP contribution in [0.2, 0.25) is 0 Å². The van der Waals surface area contributed by atoms with Crippen molar-refractivity contribution in [1.82, 2.24) is 10.3 Å². The topological polar surface area (TPSA) is 34.1 Å². The summed E-state index contributed by atoms with van der Waals surface area (Å²) in [6.07, 6.45) is 5.05. The summed E-state index contributed by atoms with van der Waals surface area (Å²) in [5.74, 6) is 1.02. The zero-order valence-corrected chi connectivity index (χ0v) is 9.16. The first-order valence-electron chi connectivity index (χ1n) is 5.24. The van der Waals surface area contributed by atoms with Crippen LogP contribution in [0.5, 0.6) is 0 Å². The zero-order chi connectivity index (χ0) is 10.7. The van der Waals surface area contributed by atoms with Crippen LogP contribution in [0.15, 0.2) is 30.2 Å². The van der Waals surface area contributed by atoms with Crippen LogP contribution < -0.4 is 5.32 Å². The van der Waals surface area contributed by atoms with Crippen molar-refractivity contribution in [1.29, 1.82) is 0 Å². The van der Waals surface area contributed by atoms with Gasteiger partial charge in [0.05, 0.1) is 12.6 Å². The number of aromatic nitrogens is 1. The van der Waals surface area contributed by atoms with Crippen LogP contribution >= 0.6 is 0 Å². The Morgan fingerprint density at radius 1 is 1.47 bits per heavy atom. The summed E-state index contributed by atoms with van der Waals surface area (Å²) in [5, 5.41) is 3.25. The second kappa shape index (κ2) is 4.45. The van der Waals surface area contributed by atoms with Gasteiger partial charge in [-0.25, -0.2) is 0 Å². The molecule has 15 heavy (non-hydrogen) atoms. The number of hydrogen-bond acceptors (Lipinski definition) is 3. The van der Waals surface area contributed by atoms with Gasteiger partial charge >= 0.3 is 0 Å². The van der Waals surface area contributed by atoms with Crippen molar-refractivity contribution in [2.24, 2.45) is 0 Å². The fourth-order valence-corrected chi connectivity index (χ4v) is 1.76. The maximum absolute atomic E-state index is 5.56. The van der Waals surface area contributed by atoms with E-state index in [1.54, 1.807) is 0 Å². The lowest BCUT2D eigenvalue weighted by atomic mass is 10.1. The predicted molar refractivity (Wildman–Crippen MR) is 59.4 cm³/mol. The molecule has 1 unspecified atom stereocenters. The highest BCUT2D eigenvalue weighted by atomic mass is 16.5. The molecule has 1 aromatic heterocycles. The second-order valence-electron chi connectivity index (χ2n) is 3.70. The van der Waals surface area contributed by atoms with Gasteiger partial charge in [-0.3, -0.25) is 4.98 Å². The van der Waals surface area contributed by atoms with Gasteiger partial charge in [0.1, 0.15) is 5.76 Å². The Morgan fingerprint density at radius 2 is 2.33 bits per heavy atom. The number of hydrogen-bond donors (Lipinski definition) is 1. The summed E-state index contributed by atoms with van der Waals surface area (Å²) in [7, 11) is 1.94. The number of pyridine rings is 1. The first-order chi connectivity index (χ1) is 7.31. The number of nitrogens with one attached hydrogen (secondary N) is 1. The van der Waals surface area contributed by atoms with Crippen LogP contribution in [-0.2, 0) is 4.74 Å². The molecule has 0 spiro atoms. The summed E-state index contributed by atoms with van der Waals surface area (Å²) in [4.78, 5) is 4.30. The monoisotopic (exact) mass is 204 g/mol. The Morgan fingerprint density at radius 3 is 2.87 bits per heavy atom. The lowest BCUT2D eigenvalue weighted by Gasteiger charge is -2.17. The van der Waals surface area contributed by atoms with E-state index in [1.165, 1.54) is 0 Å². The van der Waals surface area contributed by atoms with Crippen molar-refractivity contribution in [2.45, 2.75) is 19.4 Å². The van der Waals surface area contributed by atoms with Crippen LogP contribution in [0.4, 0.5) is 0 Å². The molecule has 80 valence electrons. The van der Waals surface area contributed by atoms with Crippen molar-refractivity contribution in [3.63, 3.8) is 0 Å². The van der Waals surface area contributed by atoms with Crippen LogP contribution in [0.3, 0.4) is 0 Å². The minimum Gasteiger partial charge on any atom is -0.496 e. The molecule has 1 aliphatic heterocycles. The van der Waals surface area contributed by atoms with E-state index in [0.717, 1.165) is 30.0 Å². The average Bonchev–Trinajstić information content (AvgIpc) is 2.75. The fraction of sp³-hybridized carbons (Fsp3) is 0.417. The van der Waals surface area contributed by atoms with Gasteiger partial charge in [-0.05, 0) is 31.7 Å². The molecule has 2 rings (SSSR count). The molecule has 1 atom stereocenters. The molecule has 1 aliphatic rings. The Balaban J connectivity index is 2.22. The molecule has 0 radical (unpaired) electrons. The van der Waals surface area contributed by atoms with Gasteiger partial charge in [0, 0.05) is 18.3 Å². The van der Waals surface area contributed by atoms with Crippen LogP contribution in [0, 0.1) is 6.92 Å². The third-order valence-corrected chi connectivity index (χ3v) is 2.57. The molecule has 1 aromatic rings. The molecule has 0 saturated heterocycles. The number of nitrogens with zero attached hydrogens (tertiary/aromatic N) is 1. The SMILES string of the molecule is CNC(C1=CCCO1)c1ccc(C)nc1. The zero-order valence-electron chi connectivity index (χ0n) is 9.16. The number of ether oxygens (including phenoxy) is 1. The van der Waals surface area contributed by atoms with E-state index >= 15 is 0 Å². The van der Waals surface area contributed by atoms with Crippen molar-refractivity contribution in [3.05, 3.63) is 41.4 Å². The van der Waals surface area contributed by atoms with Gasteiger partial charge in [0.25, 0.3) is 0 Å². The Labute approximate surface area is 90.2 Å². The fourth-order valence-electron chi connectivity index (χ4n) is 1.76. The number of aryl methyl sites for hydroxylation is 1. The van der Waals surface area contributed by atoms with Crippen molar-refractivity contribution in [3.8, 4) is 0 Å². The maximum Gasteiger partial charge on any atom is 0.114 e. The second-order valence-corrected chi connectivity index (χ2v) is 3.70. The van der Waals surface area contributed by atoms with Crippen LogP contribution in [-0.4, -0.2) is 18.6 Å². The van der Waals surface area contributed by atoms with Crippen molar-refractivity contribution in [2.75, 3.05) is 13.7 Å². The molecule has 3 heteroatoms. The summed E-state index contributed by atoms with van der Waals surface area (Å²) >= 11 is 0. The largest absolute Gasteiger partial charge is 0.496 e. The van der Waals surface area contributed by atoms with E-state index in [2.05, 4.69) is 22.4 Å². The van der Waals surface area contributed by atoms with Crippen molar-refractivity contribution < 1.29 is 4.74 Å². The summed E-state index contributed by atoms with van der Waals surface area (Å²) < 4.78 is 5.56. The van der Waals surface area contributed by atoms with Gasteiger partial charge in [-0.15, -0.1) is 0 Å². The quantitative estimate of drug-likeness (QED) is 0.817. The van der Waals surface area contributed by atoms with Gasteiger partial charge in [-0.2, -0.15) is 0 Å². The molecule has 0 aliphatic carbocycles. The third-order valence-electron chi connectivity index (χ3n) is 2.57. The summed E-state index contributed by atoms with van der Waals surface area (Å²) in [6, 6.07) is 4.25. The van der Waals surface area contributed by atoms with E-state index in [1.807, 2.05) is 26.2 Å². The molecule has 0 fully saturated rings. The highest BCUT2D eigenvalue weighted by molar-refractivity contribution is 5.25. The Hall–Kier alpha value is -1.35. The molecule has 0 amide bonds. The first kappa shape index (κ1) is 10.2. The van der Waals surface area contributed by atoms with Crippen LogP contribution in [0.1, 0.15) is 23.7 Å². The molecule has 3 nitrogen and oxygen atoms in total. The molecule has 0 bridgehead atoms. The lowest BCUT2D eigenvalue weighted by molar-refractivity contribution is 0.218. The van der Waals surface area contributed by atoms with E-state index in [4.69, 9.17) is 4.74 Å². The predicted octanol–water partition coefficient (Wildman–Crippen LogP) is 1.95. The normalized spacial score (nSPS) is 17.1. The Kier molecular flexibility index (Phi) is 3.02. The molecule has 1 N–H and O–H groups in total. The van der Waals surface area contributed by atoms with E-state index in [0.29, 0.717) is 0 Å². The first-order valence-corrected chi connectivity index (χ1v) is 5.24. The molecule has 0 aromatic carbocycles. The summed E-state index contributed by atoms with van der Waals surface area (Å²) in [5.41, 5.74) is 2.19. The van der Waals surface area contributed by atoms with E-state index < -0.39 is 0 Å². The number of rotatable bonds is 3. The van der Waals surface area contributed by atoms with Crippen molar-refractivity contribution >= 4 is 0 Å². The van der Waals surface area contributed by atoms with E-state index in [9.17, 15) is 0 Å². The van der Waals surface area contributed by atoms with Gasteiger partial charge in [0.2, 0.25) is 0 Å². The highest BCUT2D eigenvalue weighted by Crippen LogP contribution is 2.25. The standard InChI is InChI=1S/C12H16N2O/c1-9-5-6-10(8-14-9)12(13-2)11-4-3-7-15-11/h4-6,8,12-13H,3,7H2,1-2H3. The Bertz CT molecular complexity index is 356. The van der Waals surface area contributed by atoms with Gasteiger partial charge < -0.3 is 10.1 Å². The minimum absolute atomic E-state index is 0.139. The third kappa shape index (κ3) is 2.18. The van der Waals surface area contributed by atoms with Crippen LogP contribution in [0.25, 0.3) is 0 Å². The van der Waals surface area contributed by atoms with Gasteiger partial charge in [0.15, 0.2) is 0 Å². The molecular weight excluding hydrogens is 188 g/mol. The molecule has 0 saturated carbocycles. The summed E-state index contributed by atoms with van der Waals surface area (Å²) in [6.45, 7) is 2.79. The van der Waals surface area contributed by atoms with E-state index in [-0.39, 0.29) is 6.04 Å². The minimum atomic E-state index is 0.139. The maximum atomic E-state index is 5.56. The molecular formula is C12H16N2O. The molecule has 2 heterocycles. The average molecular weight is 204 g/mol. The van der Waals surface area contributed by atoms with Gasteiger partial charge in [-0.1, -0.05) is 6.07 Å². The lowest BCUT2D eigenvalue weighted by Crippen LogP contribution is -2.19. The number of likely N-dealkylation sites (N-methyl/N-ethyl adjacent to an activating group) is 1.